The standard InChI is InChI=1S/C17H18N2O5S/c1-11-8-15(19(21)22)16(24-3)9-14(11)18-17(20)10-25-13-6-4-12(23-2)5-7-13/h4-9H,10H2,1-3H3,(H,18,20). The molecule has 0 fully saturated rings. The largest absolute Gasteiger partial charge is 0.497 e. The van der Waals surface area contributed by atoms with Gasteiger partial charge in [-0.3, -0.25) is 14.9 Å². The van der Waals surface area contributed by atoms with Gasteiger partial charge in [0.1, 0.15) is 5.75 Å². The Balaban J connectivity index is 2.03. The third-order valence-electron chi connectivity index (χ3n) is 3.43. The molecule has 8 heteroatoms. The van der Waals surface area contributed by atoms with E-state index in [9.17, 15) is 14.9 Å². The molecule has 0 radical (unpaired) electrons. The summed E-state index contributed by atoms with van der Waals surface area (Å²) in [5, 5.41) is 13.8. The highest BCUT2D eigenvalue weighted by atomic mass is 32.2. The maximum absolute atomic E-state index is 12.1. The molecule has 0 heterocycles. The van der Waals surface area contributed by atoms with Crippen LogP contribution in [-0.4, -0.2) is 30.8 Å². The Morgan fingerprint density at radius 2 is 1.88 bits per heavy atom. The van der Waals surface area contributed by atoms with Crippen molar-refractivity contribution in [3.63, 3.8) is 0 Å². The number of amides is 1. The lowest BCUT2D eigenvalue weighted by atomic mass is 10.1. The molecular weight excluding hydrogens is 344 g/mol. The second-order valence-corrected chi connectivity index (χ2v) is 6.16. The van der Waals surface area contributed by atoms with Gasteiger partial charge in [-0.15, -0.1) is 11.8 Å². The molecule has 0 saturated heterocycles. The van der Waals surface area contributed by atoms with Gasteiger partial charge in [0.15, 0.2) is 5.75 Å². The highest BCUT2D eigenvalue weighted by Gasteiger charge is 2.18. The normalized spacial score (nSPS) is 10.2. The topological polar surface area (TPSA) is 90.7 Å². The van der Waals surface area contributed by atoms with E-state index in [1.54, 1.807) is 14.0 Å². The fourth-order valence-corrected chi connectivity index (χ4v) is 2.82. The second-order valence-electron chi connectivity index (χ2n) is 5.11. The summed E-state index contributed by atoms with van der Waals surface area (Å²) in [4.78, 5) is 23.6. The molecule has 0 spiro atoms. The SMILES string of the molecule is COc1ccc(SCC(=O)Nc2cc(OC)c([N+](=O)[O-])cc2C)cc1. The average Bonchev–Trinajstić information content (AvgIpc) is 2.61. The maximum Gasteiger partial charge on any atom is 0.311 e. The summed E-state index contributed by atoms with van der Waals surface area (Å²) in [6, 6.07) is 10.2. The van der Waals surface area contributed by atoms with Crippen molar-refractivity contribution in [1.82, 2.24) is 0 Å². The van der Waals surface area contributed by atoms with Crippen LogP contribution in [-0.2, 0) is 4.79 Å². The zero-order chi connectivity index (χ0) is 18.4. The second kappa shape index (κ2) is 8.39. The quantitative estimate of drug-likeness (QED) is 0.459. The van der Waals surface area contributed by atoms with Crippen molar-refractivity contribution in [2.75, 3.05) is 25.3 Å². The average molecular weight is 362 g/mol. The number of hydrogen-bond donors (Lipinski definition) is 1. The molecule has 1 N–H and O–H groups in total. The minimum absolute atomic E-state index is 0.105. The molecule has 2 aromatic carbocycles. The number of ether oxygens (including phenoxy) is 2. The van der Waals surface area contributed by atoms with Crippen molar-refractivity contribution in [2.45, 2.75) is 11.8 Å². The molecule has 7 nitrogen and oxygen atoms in total. The number of benzene rings is 2. The summed E-state index contributed by atoms with van der Waals surface area (Å²) in [5.74, 6) is 0.862. The lowest BCUT2D eigenvalue weighted by Crippen LogP contribution is -2.15. The van der Waals surface area contributed by atoms with Gasteiger partial charge in [-0.05, 0) is 36.8 Å². The van der Waals surface area contributed by atoms with Gasteiger partial charge in [-0.2, -0.15) is 0 Å². The molecule has 0 saturated carbocycles. The Labute approximate surface area is 149 Å². The molecule has 0 aliphatic carbocycles. The van der Waals surface area contributed by atoms with Crippen molar-refractivity contribution < 1.29 is 19.2 Å². The maximum atomic E-state index is 12.1. The lowest BCUT2D eigenvalue weighted by molar-refractivity contribution is -0.385. The Morgan fingerprint density at radius 3 is 2.44 bits per heavy atom. The van der Waals surface area contributed by atoms with Crippen molar-refractivity contribution in [2.24, 2.45) is 0 Å². The number of carbonyl (C=O) groups is 1. The number of carbonyl (C=O) groups excluding carboxylic acids is 1. The van der Waals surface area contributed by atoms with Crippen LogP contribution in [0.4, 0.5) is 11.4 Å². The van der Waals surface area contributed by atoms with Crippen LogP contribution in [0, 0.1) is 17.0 Å². The first-order valence-corrected chi connectivity index (χ1v) is 8.33. The van der Waals surface area contributed by atoms with E-state index in [0.717, 1.165) is 10.6 Å². The third kappa shape index (κ3) is 4.87. The zero-order valence-electron chi connectivity index (χ0n) is 14.1. The molecule has 0 aliphatic heterocycles. The van der Waals surface area contributed by atoms with Gasteiger partial charge in [0.25, 0.3) is 0 Å². The van der Waals surface area contributed by atoms with E-state index >= 15 is 0 Å². The van der Waals surface area contributed by atoms with Crippen LogP contribution in [0.2, 0.25) is 0 Å². The zero-order valence-corrected chi connectivity index (χ0v) is 14.9. The van der Waals surface area contributed by atoms with Crippen molar-refractivity contribution >= 4 is 29.0 Å². The highest BCUT2D eigenvalue weighted by Crippen LogP contribution is 2.33. The molecule has 0 bridgehead atoms. The third-order valence-corrected chi connectivity index (χ3v) is 4.44. The van der Waals surface area contributed by atoms with Gasteiger partial charge in [-0.25, -0.2) is 0 Å². The van der Waals surface area contributed by atoms with Crippen molar-refractivity contribution in [1.29, 1.82) is 0 Å². The van der Waals surface area contributed by atoms with E-state index in [0.29, 0.717) is 11.3 Å². The number of anilines is 1. The summed E-state index contributed by atoms with van der Waals surface area (Å²) in [6.45, 7) is 1.69. The number of aryl methyl sites for hydroxylation is 1. The first-order chi connectivity index (χ1) is 11.9. The summed E-state index contributed by atoms with van der Waals surface area (Å²) in [5.41, 5.74) is 0.948. The van der Waals surface area contributed by atoms with E-state index in [4.69, 9.17) is 9.47 Å². The molecule has 132 valence electrons. The van der Waals surface area contributed by atoms with E-state index in [-0.39, 0.29) is 23.1 Å². The van der Waals surface area contributed by atoms with Crippen LogP contribution in [0.5, 0.6) is 11.5 Å². The summed E-state index contributed by atoms with van der Waals surface area (Å²) in [6.07, 6.45) is 0. The van der Waals surface area contributed by atoms with Gasteiger partial charge in [0, 0.05) is 22.7 Å². The predicted octanol–water partition coefficient (Wildman–Crippen LogP) is 3.65. The first kappa shape index (κ1) is 18.6. The molecule has 2 aromatic rings. The number of hydrogen-bond acceptors (Lipinski definition) is 6. The van der Waals surface area contributed by atoms with Crippen LogP contribution >= 0.6 is 11.8 Å². The first-order valence-electron chi connectivity index (χ1n) is 7.34. The smallest absolute Gasteiger partial charge is 0.311 e. The van der Waals surface area contributed by atoms with E-state index < -0.39 is 4.92 Å². The molecular formula is C17H18N2O5S. The summed E-state index contributed by atoms with van der Waals surface area (Å²) >= 11 is 1.38. The van der Waals surface area contributed by atoms with Gasteiger partial charge in [-0.1, -0.05) is 0 Å². The number of thioether (sulfide) groups is 1. The minimum atomic E-state index is -0.517. The van der Waals surface area contributed by atoms with Crippen LogP contribution in [0.15, 0.2) is 41.3 Å². The minimum Gasteiger partial charge on any atom is -0.497 e. The Kier molecular flexibility index (Phi) is 6.24. The molecule has 0 atom stereocenters. The van der Waals surface area contributed by atoms with E-state index in [1.165, 1.54) is 31.0 Å². The number of rotatable bonds is 7. The summed E-state index contributed by atoms with van der Waals surface area (Å²) < 4.78 is 10.1. The lowest BCUT2D eigenvalue weighted by Gasteiger charge is -2.11. The number of nitrogens with zero attached hydrogens (tertiary/aromatic N) is 1. The molecule has 0 aliphatic rings. The number of nitro benzene ring substituents is 1. The number of methoxy groups -OCH3 is 2. The molecule has 2 rings (SSSR count). The molecule has 25 heavy (non-hydrogen) atoms. The van der Waals surface area contributed by atoms with E-state index in [2.05, 4.69) is 5.32 Å². The monoisotopic (exact) mass is 362 g/mol. The summed E-state index contributed by atoms with van der Waals surface area (Å²) in [7, 11) is 2.94. The van der Waals surface area contributed by atoms with Crippen molar-refractivity contribution in [3.8, 4) is 11.5 Å². The van der Waals surface area contributed by atoms with Gasteiger partial charge < -0.3 is 14.8 Å². The van der Waals surface area contributed by atoms with Crippen LogP contribution in [0.3, 0.4) is 0 Å². The van der Waals surface area contributed by atoms with Crippen LogP contribution in [0.1, 0.15) is 5.56 Å². The van der Waals surface area contributed by atoms with Gasteiger partial charge in [0.2, 0.25) is 5.91 Å². The Bertz CT molecular complexity index is 777. The number of nitro groups is 1. The molecule has 0 unspecified atom stereocenters. The van der Waals surface area contributed by atoms with Crippen LogP contribution in [0.25, 0.3) is 0 Å². The number of nitrogens with one attached hydrogen (secondary N) is 1. The van der Waals surface area contributed by atoms with Gasteiger partial charge >= 0.3 is 5.69 Å². The molecule has 0 aromatic heterocycles. The fraction of sp³-hybridized carbons (Fsp3) is 0.235. The molecule has 1 amide bonds. The van der Waals surface area contributed by atoms with E-state index in [1.807, 2.05) is 24.3 Å². The van der Waals surface area contributed by atoms with Gasteiger partial charge in [0.05, 0.1) is 24.9 Å². The predicted molar refractivity (Wildman–Crippen MR) is 96.7 cm³/mol. The fourth-order valence-electron chi connectivity index (χ4n) is 2.12. The Hall–Kier alpha value is -2.74. The van der Waals surface area contributed by atoms with Crippen LogP contribution < -0.4 is 14.8 Å². The highest BCUT2D eigenvalue weighted by molar-refractivity contribution is 8.00. The Morgan fingerprint density at radius 1 is 1.20 bits per heavy atom. The van der Waals surface area contributed by atoms with Crippen molar-refractivity contribution in [3.05, 3.63) is 52.1 Å².